The average molecular weight is 330 g/mol. The van der Waals surface area contributed by atoms with Crippen LogP contribution in [0.25, 0.3) is 0 Å². The van der Waals surface area contributed by atoms with Gasteiger partial charge in [0.2, 0.25) is 0 Å². The molecule has 0 heterocycles. The van der Waals surface area contributed by atoms with Crippen molar-refractivity contribution in [1.29, 1.82) is 0 Å². The summed E-state index contributed by atoms with van der Waals surface area (Å²) in [6.45, 7) is 10.6. The topological polar surface area (TPSA) is 98.9 Å². The van der Waals surface area contributed by atoms with Crippen molar-refractivity contribution in [3.8, 4) is 0 Å². The number of unbranched alkanes of at least 4 members (excludes halogenated alkanes) is 1. The number of rotatable bonds is 6. The van der Waals surface area contributed by atoms with Gasteiger partial charge in [0.25, 0.3) is 0 Å². The molecule has 7 nitrogen and oxygen atoms in total. The monoisotopic (exact) mass is 330 g/mol. The predicted octanol–water partition coefficient (Wildman–Crippen LogP) is 2.86. The highest BCUT2D eigenvalue weighted by atomic mass is 16.6. The van der Waals surface area contributed by atoms with Crippen LogP contribution in [-0.4, -0.2) is 47.2 Å². The van der Waals surface area contributed by atoms with Crippen LogP contribution in [0, 0.1) is 0 Å². The Morgan fingerprint density at radius 2 is 1.43 bits per heavy atom. The van der Waals surface area contributed by atoms with Crippen molar-refractivity contribution in [1.82, 2.24) is 4.90 Å². The van der Waals surface area contributed by atoms with Crippen molar-refractivity contribution in [3.05, 3.63) is 0 Å². The Hall–Kier alpha value is -1.63. The third-order valence-electron chi connectivity index (χ3n) is 2.62. The summed E-state index contributed by atoms with van der Waals surface area (Å²) in [5, 5.41) is 0. The average Bonchev–Trinajstić information content (AvgIpc) is 2.33. The molecule has 0 spiro atoms. The molecule has 0 aromatic rings. The fourth-order valence-electron chi connectivity index (χ4n) is 1.72. The van der Waals surface area contributed by atoms with Gasteiger partial charge in [-0.15, -0.1) is 0 Å². The van der Waals surface area contributed by atoms with Crippen LogP contribution in [0.5, 0.6) is 0 Å². The second-order valence-corrected chi connectivity index (χ2v) is 7.32. The normalized spacial score (nSPS) is 13.2. The van der Waals surface area contributed by atoms with Gasteiger partial charge in [-0.25, -0.2) is 14.5 Å². The van der Waals surface area contributed by atoms with E-state index in [0.717, 1.165) is 4.90 Å². The molecule has 134 valence electrons. The molecule has 23 heavy (non-hydrogen) atoms. The Labute approximate surface area is 138 Å². The van der Waals surface area contributed by atoms with Gasteiger partial charge >= 0.3 is 12.2 Å². The molecule has 0 aromatic heterocycles. The second-order valence-electron chi connectivity index (χ2n) is 7.32. The number of aldehydes is 1. The van der Waals surface area contributed by atoms with Gasteiger partial charge < -0.3 is 20.0 Å². The van der Waals surface area contributed by atoms with E-state index < -0.39 is 29.4 Å². The molecule has 1 atom stereocenters. The van der Waals surface area contributed by atoms with Gasteiger partial charge in [-0.2, -0.15) is 0 Å². The van der Waals surface area contributed by atoms with E-state index in [4.69, 9.17) is 15.2 Å². The zero-order valence-electron chi connectivity index (χ0n) is 15.0. The standard InChI is InChI=1S/C16H30N2O5/c1-15(2,3)22-13(20)18(14(21)23-16(4,5)6)12(11-19)9-7-8-10-17/h11-12H,7-10,17H2,1-6H3/t12-/m0/s1. The molecule has 0 saturated heterocycles. The highest BCUT2D eigenvalue weighted by Crippen LogP contribution is 2.18. The first-order valence-electron chi connectivity index (χ1n) is 7.82. The molecule has 0 rings (SSSR count). The van der Waals surface area contributed by atoms with Gasteiger partial charge in [-0.3, -0.25) is 0 Å². The van der Waals surface area contributed by atoms with Crippen LogP contribution in [-0.2, 0) is 14.3 Å². The maximum Gasteiger partial charge on any atom is 0.420 e. The molecule has 0 aliphatic rings. The minimum absolute atomic E-state index is 0.319. The molecule has 0 fully saturated rings. The molecular formula is C16H30N2O5. The van der Waals surface area contributed by atoms with E-state index >= 15 is 0 Å². The minimum Gasteiger partial charge on any atom is -0.443 e. The summed E-state index contributed by atoms with van der Waals surface area (Å²) in [5.74, 6) is 0. The number of imide groups is 1. The van der Waals surface area contributed by atoms with E-state index in [0.29, 0.717) is 32.1 Å². The van der Waals surface area contributed by atoms with E-state index in [1.54, 1.807) is 41.5 Å². The Morgan fingerprint density at radius 1 is 1.00 bits per heavy atom. The maximum absolute atomic E-state index is 12.3. The van der Waals surface area contributed by atoms with E-state index in [-0.39, 0.29) is 0 Å². The zero-order valence-corrected chi connectivity index (χ0v) is 15.0. The Morgan fingerprint density at radius 3 is 1.74 bits per heavy atom. The van der Waals surface area contributed by atoms with E-state index in [1.165, 1.54) is 0 Å². The fourth-order valence-corrected chi connectivity index (χ4v) is 1.72. The van der Waals surface area contributed by atoms with Crippen molar-refractivity contribution in [3.63, 3.8) is 0 Å². The lowest BCUT2D eigenvalue weighted by Crippen LogP contribution is -2.49. The summed E-state index contributed by atoms with van der Waals surface area (Å²) in [7, 11) is 0. The first kappa shape index (κ1) is 21.4. The van der Waals surface area contributed by atoms with E-state index in [9.17, 15) is 14.4 Å². The van der Waals surface area contributed by atoms with Gasteiger partial charge in [0, 0.05) is 0 Å². The third-order valence-corrected chi connectivity index (χ3v) is 2.62. The Balaban J connectivity index is 5.29. The SMILES string of the molecule is CC(C)(C)OC(=O)N(C(=O)OC(C)(C)C)[C@H](C=O)CCCCN. The summed E-state index contributed by atoms with van der Waals surface area (Å²) >= 11 is 0. The van der Waals surface area contributed by atoms with Crippen LogP contribution in [0.4, 0.5) is 9.59 Å². The zero-order chi connectivity index (χ0) is 18.3. The maximum atomic E-state index is 12.3. The molecule has 0 aromatic carbocycles. The van der Waals surface area contributed by atoms with Crippen molar-refractivity contribution in [2.45, 2.75) is 78.0 Å². The molecule has 0 bridgehead atoms. The van der Waals surface area contributed by atoms with Gasteiger partial charge in [0.15, 0.2) is 0 Å². The van der Waals surface area contributed by atoms with Gasteiger partial charge in [-0.05, 0) is 67.3 Å². The summed E-state index contributed by atoms with van der Waals surface area (Å²) in [5.41, 5.74) is 3.85. The Kier molecular flexibility index (Phi) is 8.23. The Bertz CT molecular complexity index is 382. The largest absolute Gasteiger partial charge is 0.443 e. The summed E-state index contributed by atoms with van der Waals surface area (Å²) in [6, 6.07) is -0.939. The van der Waals surface area contributed by atoms with Gasteiger partial charge in [-0.1, -0.05) is 0 Å². The minimum atomic E-state index is -0.939. The first-order valence-corrected chi connectivity index (χ1v) is 7.82. The smallest absolute Gasteiger partial charge is 0.420 e. The fraction of sp³-hybridized carbons (Fsp3) is 0.812. The summed E-state index contributed by atoms with van der Waals surface area (Å²) in [6.07, 6.45) is 0.403. The molecule has 0 saturated carbocycles. The first-order chi connectivity index (χ1) is 10.4. The summed E-state index contributed by atoms with van der Waals surface area (Å²) < 4.78 is 10.5. The number of hydrogen-bond acceptors (Lipinski definition) is 6. The van der Waals surface area contributed by atoms with E-state index in [2.05, 4.69) is 0 Å². The quantitative estimate of drug-likeness (QED) is 0.594. The highest BCUT2D eigenvalue weighted by Gasteiger charge is 2.36. The number of nitrogens with two attached hydrogens (primary N) is 1. The number of amides is 2. The third kappa shape index (κ3) is 9.18. The lowest BCUT2D eigenvalue weighted by Gasteiger charge is -2.31. The number of hydrogen-bond donors (Lipinski definition) is 1. The molecule has 0 radical (unpaired) electrons. The number of ether oxygens (including phenoxy) is 2. The van der Waals surface area contributed by atoms with E-state index in [1.807, 2.05) is 0 Å². The van der Waals surface area contributed by atoms with Crippen LogP contribution in [0.1, 0.15) is 60.8 Å². The van der Waals surface area contributed by atoms with Crippen molar-refractivity contribution < 1.29 is 23.9 Å². The molecule has 2 amide bonds. The lowest BCUT2D eigenvalue weighted by atomic mass is 10.1. The molecule has 0 aliphatic carbocycles. The van der Waals surface area contributed by atoms with Crippen molar-refractivity contribution >= 4 is 18.5 Å². The molecular weight excluding hydrogens is 300 g/mol. The lowest BCUT2D eigenvalue weighted by molar-refractivity contribution is -0.112. The van der Waals surface area contributed by atoms with Crippen LogP contribution < -0.4 is 5.73 Å². The van der Waals surface area contributed by atoms with Crippen molar-refractivity contribution in [2.75, 3.05) is 6.54 Å². The van der Waals surface area contributed by atoms with Gasteiger partial charge in [0.1, 0.15) is 23.5 Å². The molecule has 7 heteroatoms. The molecule has 0 aliphatic heterocycles. The van der Waals surface area contributed by atoms with Crippen LogP contribution >= 0.6 is 0 Å². The number of nitrogens with zero attached hydrogens (tertiary/aromatic N) is 1. The summed E-state index contributed by atoms with van der Waals surface area (Å²) in [4.78, 5) is 36.8. The van der Waals surface area contributed by atoms with Crippen LogP contribution in [0.15, 0.2) is 0 Å². The second kappa shape index (κ2) is 8.86. The van der Waals surface area contributed by atoms with Crippen molar-refractivity contribution in [2.24, 2.45) is 5.73 Å². The molecule has 0 unspecified atom stereocenters. The predicted molar refractivity (Wildman–Crippen MR) is 87.1 cm³/mol. The van der Waals surface area contributed by atoms with Crippen LogP contribution in [0.3, 0.4) is 0 Å². The highest BCUT2D eigenvalue weighted by molar-refractivity contribution is 5.91. The number of carbonyl (C=O) groups is 3. The number of carbonyl (C=O) groups excluding carboxylic acids is 3. The van der Waals surface area contributed by atoms with Crippen LogP contribution in [0.2, 0.25) is 0 Å². The molecule has 2 N–H and O–H groups in total. The van der Waals surface area contributed by atoms with Gasteiger partial charge in [0.05, 0.1) is 0 Å².